The quantitative estimate of drug-likeness (QED) is 0.712. The topological polar surface area (TPSA) is 83.6 Å². The predicted octanol–water partition coefficient (Wildman–Crippen LogP) is 2.88. The second-order valence-corrected chi connectivity index (χ2v) is 9.54. The first-order valence-electron chi connectivity index (χ1n) is 8.89. The Morgan fingerprint density at radius 2 is 1.75 bits per heavy atom. The fourth-order valence-electron chi connectivity index (χ4n) is 3.13. The molecule has 1 heterocycles. The normalized spacial score (nSPS) is 19.0. The summed E-state index contributed by atoms with van der Waals surface area (Å²) in [7, 11) is -4.00. The molecule has 2 aromatic rings. The van der Waals surface area contributed by atoms with Crippen LogP contribution in [-0.4, -0.2) is 37.2 Å². The zero-order valence-corrected chi connectivity index (χ0v) is 17.8. The Bertz CT molecular complexity index is 977. The van der Waals surface area contributed by atoms with Gasteiger partial charge in [-0.05, 0) is 49.6 Å². The second-order valence-electron chi connectivity index (χ2n) is 6.94. The third-order valence-electron chi connectivity index (χ3n) is 5.03. The summed E-state index contributed by atoms with van der Waals surface area (Å²) >= 11 is 3.24. The van der Waals surface area contributed by atoms with Gasteiger partial charge in [0.05, 0.1) is 4.90 Å². The van der Waals surface area contributed by atoms with Crippen LogP contribution in [0.2, 0.25) is 0 Å². The lowest BCUT2D eigenvalue weighted by atomic mass is 9.85. The summed E-state index contributed by atoms with van der Waals surface area (Å²) < 4.78 is 27.8. The van der Waals surface area contributed by atoms with Crippen molar-refractivity contribution < 1.29 is 18.0 Å². The smallest absolute Gasteiger partial charge is 0.264 e. The Kier molecular flexibility index (Phi) is 5.90. The minimum absolute atomic E-state index is 0.00562. The molecule has 1 N–H and O–H groups in total. The van der Waals surface area contributed by atoms with Gasteiger partial charge < -0.3 is 4.90 Å². The van der Waals surface area contributed by atoms with E-state index in [1.165, 1.54) is 17.0 Å². The van der Waals surface area contributed by atoms with Gasteiger partial charge in [-0.25, -0.2) is 13.1 Å². The highest BCUT2D eigenvalue weighted by Crippen LogP contribution is 2.32. The van der Waals surface area contributed by atoms with Crippen LogP contribution in [0.5, 0.6) is 0 Å². The van der Waals surface area contributed by atoms with E-state index in [0.29, 0.717) is 19.4 Å². The third-order valence-corrected chi connectivity index (χ3v) is 6.91. The number of carbonyl (C=O) groups excluding carboxylic acids is 2. The lowest BCUT2D eigenvalue weighted by Crippen LogP contribution is -2.67. The minimum Gasteiger partial charge on any atom is -0.328 e. The Labute approximate surface area is 173 Å². The van der Waals surface area contributed by atoms with Crippen LogP contribution in [-0.2, 0) is 26.0 Å². The Hall–Kier alpha value is -2.19. The van der Waals surface area contributed by atoms with E-state index in [2.05, 4.69) is 20.7 Å². The molecule has 148 valence electrons. The number of aryl methyl sites for hydroxylation is 1. The number of likely N-dealkylation sites (tertiary alicyclic amines) is 1. The molecule has 1 fully saturated rings. The molecule has 0 saturated carbocycles. The van der Waals surface area contributed by atoms with Crippen LogP contribution in [0.3, 0.4) is 0 Å². The molecule has 0 aromatic heterocycles. The largest absolute Gasteiger partial charge is 0.328 e. The molecule has 1 aliphatic rings. The average molecular weight is 465 g/mol. The summed E-state index contributed by atoms with van der Waals surface area (Å²) in [6.07, 6.45) is 1.27. The number of benzene rings is 2. The number of nitrogens with one attached hydrogen (secondary N) is 1. The number of amides is 2. The molecular formula is C20H21BrN2O4S. The van der Waals surface area contributed by atoms with Crippen molar-refractivity contribution in [1.82, 2.24) is 9.62 Å². The van der Waals surface area contributed by atoms with Gasteiger partial charge in [-0.2, -0.15) is 0 Å². The van der Waals surface area contributed by atoms with Crippen molar-refractivity contribution in [2.24, 2.45) is 0 Å². The van der Waals surface area contributed by atoms with Gasteiger partial charge in [-0.3, -0.25) is 9.59 Å². The average Bonchev–Trinajstić information content (AvgIpc) is 2.65. The van der Waals surface area contributed by atoms with Crippen LogP contribution in [0.25, 0.3) is 0 Å². The van der Waals surface area contributed by atoms with E-state index in [1.807, 2.05) is 30.3 Å². The zero-order chi connectivity index (χ0) is 20.4. The molecule has 2 amide bonds. The Balaban J connectivity index is 1.65. The Morgan fingerprint density at radius 1 is 1.11 bits per heavy atom. The molecule has 28 heavy (non-hydrogen) atoms. The number of halogens is 1. The van der Waals surface area contributed by atoms with Crippen molar-refractivity contribution in [3.8, 4) is 0 Å². The van der Waals surface area contributed by atoms with E-state index in [1.54, 1.807) is 19.1 Å². The SMILES string of the molecule is CC1(C(=O)NS(=O)(=O)c2ccc(Br)cc2)CCN1C(=O)CCc1ccccc1. The molecule has 2 aromatic carbocycles. The Morgan fingerprint density at radius 3 is 2.32 bits per heavy atom. The zero-order valence-electron chi connectivity index (χ0n) is 15.4. The van der Waals surface area contributed by atoms with E-state index < -0.39 is 21.5 Å². The van der Waals surface area contributed by atoms with Gasteiger partial charge in [0.25, 0.3) is 15.9 Å². The number of rotatable bonds is 6. The molecule has 1 unspecified atom stereocenters. The summed E-state index contributed by atoms with van der Waals surface area (Å²) in [6.45, 7) is 2.04. The maximum atomic E-state index is 12.7. The molecule has 0 radical (unpaired) electrons. The molecule has 1 atom stereocenters. The summed E-state index contributed by atoms with van der Waals surface area (Å²) in [5.74, 6) is -0.844. The van der Waals surface area contributed by atoms with E-state index in [0.717, 1.165) is 10.0 Å². The first kappa shape index (κ1) is 20.5. The fourth-order valence-corrected chi connectivity index (χ4v) is 4.47. The summed E-state index contributed by atoms with van der Waals surface area (Å²) in [4.78, 5) is 26.7. The number of hydrogen-bond acceptors (Lipinski definition) is 4. The monoisotopic (exact) mass is 464 g/mol. The minimum atomic E-state index is -4.00. The van der Waals surface area contributed by atoms with Crippen molar-refractivity contribution in [3.05, 3.63) is 64.6 Å². The van der Waals surface area contributed by atoms with Crippen molar-refractivity contribution in [2.45, 2.75) is 36.6 Å². The van der Waals surface area contributed by atoms with Crippen LogP contribution < -0.4 is 4.72 Å². The van der Waals surface area contributed by atoms with Crippen molar-refractivity contribution in [1.29, 1.82) is 0 Å². The lowest BCUT2D eigenvalue weighted by molar-refractivity contribution is -0.156. The molecule has 6 nitrogen and oxygen atoms in total. The van der Waals surface area contributed by atoms with Gasteiger partial charge in [-0.15, -0.1) is 0 Å². The van der Waals surface area contributed by atoms with Crippen LogP contribution >= 0.6 is 15.9 Å². The molecular weight excluding hydrogens is 444 g/mol. The van der Waals surface area contributed by atoms with Gasteiger partial charge >= 0.3 is 0 Å². The lowest BCUT2D eigenvalue weighted by Gasteiger charge is -2.49. The molecule has 3 rings (SSSR count). The maximum Gasteiger partial charge on any atom is 0.264 e. The van der Waals surface area contributed by atoms with Crippen LogP contribution in [0.15, 0.2) is 64.0 Å². The van der Waals surface area contributed by atoms with Crippen LogP contribution in [0.1, 0.15) is 25.3 Å². The molecule has 0 spiro atoms. The molecule has 0 aliphatic carbocycles. The highest BCUT2D eigenvalue weighted by molar-refractivity contribution is 9.10. The van der Waals surface area contributed by atoms with Crippen LogP contribution in [0.4, 0.5) is 0 Å². The van der Waals surface area contributed by atoms with Gasteiger partial charge in [-0.1, -0.05) is 46.3 Å². The molecule has 8 heteroatoms. The summed E-state index contributed by atoms with van der Waals surface area (Å²) in [5, 5.41) is 0. The van der Waals surface area contributed by atoms with E-state index in [9.17, 15) is 18.0 Å². The van der Waals surface area contributed by atoms with Crippen molar-refractivity contribution in [3.63, 3.8) is 0 Å². The van der Waals surface area contributed by atoms with E-state index in [4.69, 9.17) is 0 Å². The molecule has 1 aliphatic heterocycles. The second kappa shape index (κ2) is 8.05. The van der Waals surface area contributed by atoms with Crippen molar-refractivity contribution in [2.75, 3.05) is 6.54 Å². The van der Waals surface area contributed by atoms with Gasteiger partial charge in [0, 0.05) is 17.4 Å². The molecule has 1 saturated heterocycles. The summed E-state index contributed by atoms with van der Waals surface area (Å²) in [6, 6.07) is 15.6. The van der Waals surface area contributed by atoms with Crippen molar-refractivity contribution >= 4 is 37.8 Å². The number of hydrogen-bond donors (Lipinski definition) is 1. The first-order valence-corrected chi connectivity index (χ1v) is 11.2. The van der Waals surface area contributed by atoms with Crippen LogP contribution in [0, 0.1) is 0 Å². The van der Waals surface area contributed by atoms with Gasteiger partial charge in [0.1, 0.15) is 5.54 Å². The highest BCUT2D eigenvalue weighted by atomic mass is 79.9. The van der Waals surface area contributed by atoms with Gasteiger partial charge in [0.2, 0.25) is 5.91 Å². The number of sulfonamides is 1. The highest BCUT2D eigenvalue weighted by Gasteiger charge is 2.50. The first-order chi connectivity index (χ1) is 13.2. The maximum absolute atomic E-state index is 12.7. The van der Waals surface area contributed by atoms with Gasteiger partial charge in [0.15, 0.2) is 0 Å². The predicted molar refractivity (Wildman–Crippen MR) is 109 cm³/mol. The summed E-state index contributed by atoms with van der Waals surface area (Å²) in [5.41, 5.74) is -0.115. The third kappa shape index (κ3) is 4.28. The number of carbonyl (C=O) groups is 2. The number of nitrogens with zero attached hydrogens (tertiary/aromatic N) is 1. The van der Waals surface area contributed by atoms with E-state index >= 15 is 0 Å². The fraction of sp³-hybridized carbons (Fsp3) is 0.300. The molecule has 0 bridgehead atoms. The van der Waals surface area contributed by atoms with E-state index in [-0.39, 0.29) is 17.2 Å². The standard InChI is InChI=1S/C20H21BrN2O4S/c1-20(19(25)22-28(26,27)17-10-8-16(21)9-11-17)13-14-23(20)18(24)12-7-15-5-3-2-4-6-15/h2-6,8-11H,7,12-14H2,1H3,(H,22,25).